The van der Waals surface area contributed by atoms with Crippen molar-refractivity contribution in [1.29, 1.82) is 0 Å². The van der Waals surface area contributed by atoms with Crippen LogP contribution in [0.15, 0.2) is 18.3 Å². The van der Waals surface area contributed by atoms with Crippen LogP contribution >= 0.6 is 0 Å². The van der Waals surface area contributed by atoms with Crippen molar-refractivity contribution in [2.45, 2.75) is 45.2 Å². The Morgan fingerprint density at radius 1 is 1.39 bits per heavy atom. The zero-order valence-corrected chi connectivity index (χ0v) is 11.0. The molecule has 0 aromatic carbocycles. The Kier molecular flexibility index (Phi) is 3.25. The predicted molar refractivity (Wildman–Crippen MR) is 71.1 cm³/mol. The normalized spacial score (nSPS) is 31.7. The van der Waals surface area contributed by atoms with E-state index >= 15 is 0 Å². The molecule has 0 saturated heterocycles. The lowest BCUT2D eigenvalue weighted by Gasteiger charge is -2.28. The SMILES string of the molecule is CC(NCc1ccc(O)cn1)C1CC2CCC1C2. The number of aromatic nitrogens is 1. The minimum Gasteiger partial charge on any atom is -0.506 e. The third kappa shape index (κ3) is 2.37. The third-order valence-corrected chi connectivity index (χ3v) is 4.85. The zero-order valence-electron chi connectivity index (χ0n) is 11.0. The van der Waals surface area contributed by atoms with Gasteiger partial charge in [-0.25, -0.2) is 0 Å². The van der Waals surface area contributed by atoms with Gasteiger partial charge in [-0.3, -0.25) is 4.98 Å². The summed E-state index contributed by atoms with van der Waals surface area (Å²) in [5, 5.41) is 12.8. The minimum absolute atomic E-state index is 0.236. The molecule has 3 rings (SSSR count). The number of nitrogens with one attached hydrogen (secondary N) is 1. The highest BCUT2D eigenvalue weighted by Gasteiger charge is 2.41. The van der Waals surface area contributed by atoms with E-state index in [-0.39, 0.29) is 5.75 Å². The fourth-order valence-corrected chi connectivity index (χ4v) is 3.84. The molecular weight excluding hydrogens is 224 g/mol. The standard InChI is InChI=1S/C15H22N2O/c1-10(15-7-11-2-3-12(15)6-11)16-8-13-4-5-14(18)9-17-13/h4-5,9-12,15-16,18H,2-3,6-8H2,1H3. The second-order valence-corrected chi connectivity index (χ2v) is 6.02. The predicted octanol–water partition coefficient (Wildman–Crippen LogP) is 2.70. The molecule has 2 saturated carbocycles. The smallest absolute Gasteiger partial charge is 0.133 e. The Morgan fingerprint density at radius 3 is 2.89 bits per heavy atom. The average Bonchev–Trinajstić information content (AvgIpc) is 3.00. The van der Waals surface area contributed by atoms with Gasteiger partial charge in [0, 0.05) is 12.6 Å². The van der Waals surface area contributed by atoms with Gasteiger partial charge in [0.15, 0.2) is 0 Å². The van der Waals surface area contributed by atoms with E-state index in [4.69, 9.17) is 0 Å². The zero-order chi connectivity index (χ0) is 12.5. The molecule has 0 aliphatic heterocycles. The molecule has 2 aliphatic rings. The van der Waals surface area contributed by atoms with E-state index < -0.39 is 0 Å². The van der Waals surface area contributed by atoms with Crippen molar-refractivity contribution in [2.75, 3.05) is 0 Å². The summed E-state index contributed by atoms with van der Waals surface area (Å²) >= 11 is 0. The lowest BCUT2D eigenvalue weighted by Crippen LogP contribution is -2.36. The number of hydrogen-bond acceptors (Lipinski definition) is 3. The van der Waals surface area contributed by atoms with Crippen LogP contribution < -0.4 is 5.32 Å². The molecule has 0 amide bonds. The van der Waals surface area contributed by atoms with Crippen LogP contribution in [0.2, 0.25) is 0 Å². The molecule has 1 heterocycles. The van der Waals surface area contributed by atoms with Crippen LogP contribution in [0.3, 0.4) is 0 Å². The van der Waals surface area contributed by atoms with Gasteiger partial charge in [-0.15, -0.1) is 0 Å². The number of hydrogen-bond donors (Lipinski definition) is 2. The molecule has 4 unspecified atom stereocenters. The van der Waals surface area contributed by atoms with Crippen molar-refractivity contribution in [3.8, 4) is 5.75 Å². The maximum atomic E-state index is 9.20. The van der Waals surface area contributed by atoms with Crippen LogP contribution in [0, 0.1) is 17.8 Å². The summed E-state index contributed by atoms with van der Waals surface area (Å²) in [5.74, 6) is 3.07. The number of rotatable bonds is 4. The van der Waals surface area contributed by atoms with E-state index in [1.54, 1.807) is 6.07 Å². The fourth-order valence-electron chi connectivity index (χ4n) is 3.84. The summed E-state index contributed by atoms with van der Waals surface area (Å²) in [7, 11) is 0. The summed E-state index contributed by atoms with van der Waals surface area (Å²) in [6.07, 6.45) is 7.31. The Balaban J connectivity index is 1.52. The highest BCUT2D eigenvalue weighted by molar-refractivity contribution is 5.17. The van der Waals surface area contributed by atoms with Crippen molar-refractivity contribution in [3.63, 3.8) is 0 Å². The molecule has 3 heteroatoms. The third-order valence-electron chi connectivity index (χ3n) is 4.85. The second-order valence-electron chi connectivity index (χ2n) is 6.02. The first-order valence-corrected chi connectivity index (χ1v) is 7.09. The molecular formula is C15H22N2O. The fraction of sp³-hybridized carbons (Fsp3) is 0.667. The number of nitrogens with zero attached hydrogens (tertiary/aromatic N) is 1. The maximum Gasteiger partial charge on any atom is 0.133 e. The van der Waals surface area contributed by atoms with Gasteiger partial charge >= 0.3 is 0 Å². The van der Waals surface area contributed by atoms with Gasteiger partial charge in [0.2, 0.25) is 0 Å². The molecule has 2 aliphatic carbocycles. The first-order chi connectivity index (χ1) is 8.72. The molecule has 0 spiro atoms. The minimum atomic E-state index is 0.236. The molecule has 2 fully saturated rings. The highest BCUT2D eigenvalue weighted by Crippen LogP contribution is 2.49. The van der Waals surface area contributed by atoms with Crippen LogP contribution in [0.1, 0.15) is 38.3 Å². The lowest BCUT2D eigenvalue weighted by molar-refractivity contribution is 0.259. The van der Waals surface area contributed by atoms with E-state index in [0.717, 1.165) is 30.0 Å². The molecule has 0 radical (unpaired) electrons. The summed E-state index contributed by atoms with van der Waals surface area (Å²) in [6, 6.07) is 4.16. The van der Waals surface area contributed by atoms with Gasteiger partial charge in [-0.2, -0.15) is 0 Å². The number of aromatic hydroxyl groups is 1. The molecule has 2 bridgehead atoms. The van der Waals surface area contributed by atoms with Crippen molar-refractivity contribution < 1.29 is 5.11 Å². The van der Waals surface area contributed by atoms with Crippen LogP contribution in [0.5, 0.6) is 5.75 Å². The molecule has 4 atom stereocenters. The Bertz CT molecular complexity index is 403. The van der Waals surface area contributed by atoms with Crippen LogP contribution in [-0.2, 0) is 6.54 Å². The number of fused-ring (bicyclic) bond motifs is 2. The van der Waals surface area contributed by atoms with Crippen molar-refractivity contribution in [2.24, 2.45) is 17.8 Å². The molecule has 1 aromatic heterocycles. The van der Waals surface area contributed by atoms with Crippen molar-refractivity contribution in [1.82, 2.24) is 10.3 Å². The second kappa shape index (κ2) is 4.88. The van der Waals surface area contributed by atoms with Crippen molar-refractivity contribution >= 4 is 0 Å². The average molecular weight is 246 g/mol. The monoisotopic (exact) mass is 246 g/mol. The summed E-state index contributed by atoms with van der Waals surface area (Å²) in [6.45, 7) is 3.11. The quantitative estimate of drug-likeness (QED) is 0.858. The van der Waals surface area contributed by atoms with Gasteiger partial charge in [-0.05, 0) is 56.1 Å². The van der Waals surface area contributed by atoms with E-state index in [2.05, 4.69) is 17.2 Å². The van der Waals surface area contributed by atoms with Crippen molar-refractivity contribution in [3.05, 3.63) is 24.0 Å². The molecule has 98 valence electrons. The first kappa shape index (κ1) is 12.0. The summed E-state index contributed by atoms with van der Waals surface area (Å²) in [5.41, 5.74) is 1.00. The van der Waals surface area contributed by atoms with Gasteiger partial charge in [-0.1, -0.05) is 6.42 Å². The molecule has 3 nitrogen and oxygen atoms in total. The van der Waals surface area contributed by atoms with Gasteiger partial charge in [0.25, 0.3) is 0 Å². The van der Waals surface area contributed by atoms with Crippen LogP contribution in [-0.4, -0.2) is 16.1 Å². The molecule has 18 heavy (non-hydrogen) atoms. The highest BCUT2D eigenvalue weighted by atomic mass is 16.3. The van der Waals surface area contributed by atoms with Gasteiger partial charge in [0.1, 0.15) is 5.75 Å². The Morgan fingerprint density at radius 2 is 2.28 bits per heavy atom. The Labute approximate surface area is 109 Å². The van der Waals surface area contributed by atoms with Crippen LogP contribution in [0.4, 0.5) is 0 Å². The Hall–Kier alpha value is -1.09. The summed E-state index contributed by atoms with van der Waals surface area (Å²) < 4.78 is 0. The largest absolute Gasteiger partial charge is 0.506 e. The first-order valence-electron chi connectivity index (χ1n) is 7.09. The molecule has 2 N–H and O–H groups in total. The van der Waals surface area contributed by atoms with E-state index in [1.165, 1.54) is 31.9 Å². The topological polar surface area (TPSA) is 45.1 Å². The van der Waals surface area contributed by atoms with E-state index in [0.29, 0.717) is 6.04 Å². The van der Waals surface area contributed by atoms with Crippen LogP contribution in [0.25, 0.3) is 0 Å². The maximum absolute atomic E-state index is 9.20. The number of pyridine rings is 1. The van der Waals surface area contributed by atoms with E-state index in [1.807, 2.05) is 6.07 Å². The van der Waals surface area contributed by atoms with Gasteiger partial charge < -0.3 is 10.4 Å². The van der Waals surface area contributed by atoms with E-state index in [9.17, 15) is 5.11 Å². The molecule has 1 aromatic rings. The van der Waals surface area contributed by atoms with Gasteiger partial charge in [0.05, 0.1) is 11.9 Å². The summed E-state index contributed by atoms with van der Waals surface area (Å²) in [4.78, 5) is 4.21. The lowest BCUT2D eigenvalue weighted by atomic mass is 9.84.